The number of halogens is 1. The fourth-order valence-electron chi connectivity index (χ4n) is 1.64. The van der Waals surface area contributed by atoms with E-state index < -0.39 is 10.2 Å². The lowest BCUT2D eigenvalue weighted by atomic mass is 9.80. The first-order valence-electron chi connectivity index (χ1n) is 4.62. The van der Waals surface area contributed by atoms with Gasteiger partial charge in [0.1, 0.15) is 0 Å². The van der Waals surface area contributed by atoms with Crippen molar-refractivity contribution < 1.29 is 12.3 Å². The van der Waals surface area contributed by atoms with E-state index in [1.165, 1.54) is 18.6 Å². The Morgan fingerprint density at radius 2 is 1.71 bits per heavy atom. The maximum absolute atomic E-state index is 12.5. The third-order valence-electron chi connectivity index (χ3n) is 2.74. The van der Waals surface area contributed by atoms with E-state index in [4.69, 9.17) is 0 Å². The van der Waals surface area contributed by atoms with E-state index in [-0.39, 0.29) is 4.90 Å². The maximum atomic E-state index is 12.5. The second-order valence-electron chi connectivity index (χ2n) is 3.63. The smallest absolute Gasteiger partial charge is 0.189 e. The first-order chi connectivity index (χ1) is 6.57. The van der Waals surface area contributed by atoms with Gasteiger partial charge in [-0.25, -0.2) is 0 Å². The van der Waals surface area contributed by atoms with Crippen molar-refractivity contribution in [3.05, 3.63) is 29.8 Å². The Labute approximate surface area is 83.0 Å². The van der Waals surface area contributed by atoms with Crippen molar-refractivity contribution in [3.63, 3.8) is 0 Å². The first kappa shape index (κ1) is 9.65. The monoisotopic (exact) mass is 214 g/mol. The zero-order valence-corrected chi connectivity index (χ0v) is 8.43. The molecule has 2 rings (SSSR count). The van der Waals surface area contributed by atoms with Gasteiger partial charge in [0, 0.05) is 0 Å². The molecule has 0 unspecified atom stereocenters. The molecule has 1 fully saturated rings. The zero-order chi connectivity index (χ0) is 10.2. The van der Waals surface area contributed by atoms with Crippen molar-refractivity contribution in [2.24, 2.45) is 0 Å². The minimum absolute atomic E-state index is 0.249. The molecule has 14 heavy (non-hydrogen) atoms. The topological polar surface area (TPSA) is 34.1 Å². The molecule has 0 saturated heterocycles. The van der Waals surface area contributed by atoms with Gasteiger partial charge in [0.15, 0.2) is 0 Å². The van der Waals surface area contributed by atoms with E-state index in [1.54, 1.807) is 12.1 Å². The van der Waals surface area contributed by atoms with Gasteiger partial charge in [0.05, 0.1) is 4.90 Å². The lowest BCUT2D eigenvalue weighted by Gasteiger charge is -2.25. The van der Waals surface area contributed by atoms with Crippen molar-refractivity contribution in [3.8, 4) is 0 Å². The van der Waals surface area contributed by atoms with E-state index in [9.17, 15) is 12.3 Å². The highest BCUT2D eigenvalue weighted by molar-refractivity contribution is 7.86. The molecule has 0 aliphatic heterocycles. The van der Waals surface area contributed by atoms with Gasteiger partial charge in [0.2, 0.25) is 0 Å². The molecule has 76 valence electrons. The van der Waals surface area contributed by atoms with Crippen molar-refractivity contribution in [1.29, 1.82) is 0 Å². The Hall–Kier alpha value is -0.900. The van der Waals surface area contributed by atoms with Gasteiger partial charge in [-0.05, 0) is 36.5 Å². The van der Waals surface area contributed by atoms with Crippen molar-refractivity contribution in [1.82, 2.24) is 0 Å². The van der Waals surface area contributed by atoms with Crippen molar-refractivity contribution >= 4 is 10.2 Å². The maximum Gasteiger partial charge on any atom is 0.332 e. The summed E-state index contributed by atoms with van der Waals surface area (Å²) in [6, 6.07) is 6.08. The molecule has 4 heteroatoms. The van der Waals surface area contributed by atoms with Crippen LogP contribution in [0.1, 0.15) is 30.7 Å². The van der Waals surface area contributed by atoms with Gasteiger partial charge in [0.25, 0.3) is 0 Å². The Morgan fingerprint density at radius 3 is 2.07 bits per heavy atom. The summed E-state index contributed by atoms with van der Waals surface area (Å²) >= 11 is 0. The average Bonchev–Trinajstić information content (AvgIpc) is 2.00. The molecule has 1 aromatic rings. The molecule has 1 aliphatic carbocycles. The van der Waals surface area contributed by atoms with Gasteiger partial charge in [-0.2, -0.15) is 8.42 Å². The summed E-state index contributed by atoms with van der Waals surface area (Å²) in [6.45, 7) is 0. The van der Waals surface area contributed by atoms with Gasteiger partial charge in [-0.1, -0.05) is 18.6 Å². The highest BCUT2D eigenvalue weighted by atomic mass is 32.3. The molecule has 1 aromatic carbocycles. The molecule has 1 aliphatic rings. The molecule has 0 heterocycles. The highest BCUT2D eigenvalue weighted by Crippen LogP contribution is 2.36. The van der Waals surface area contributed by atoms with Crippen molar-refractivity contribution in [2.45, 2.75) is 30.1 Å². The normalized spacial score (nSPS) is 17.8. The van der Waals surface area contributed by atoms with Crippen LogP contribution in [0.4, 0.5) is 3.89 Å². The molecule has 0 radical (unpaired) electrons. The Kier molecular flexibility index (Phi) is 2.31. The number of hydrogen-bond acceptors (Lipinski definition) is 2. The predicted molar refractivity (Wildman–Crippen MR) is 51.3 cm³/mol. The van der Waals surface area contributed by atoms with Crippen LogP contribution >= 0.6 is 0 Å². The van der Waals surface area contributed by atoms with Crippen LogP contribution in [-0.2, 0) is 10.2 Å². The zero-order valence-electron chi connectivity index (χ0n) is 7.61. The minimum atomic E-state index is -4.53. The van der Waals surface area contributed by atoms with E-state index in [0.29, 0.717) is 5.92 Å². The van der Waals surface area contributed by atoms with Crippen LogP contribution in [0.25, 0.3) is 0 Å². The summed E-state index contributed by atoms with van der Waals surface area (Å²) in [5.41, 5.74) is 1.11. The summed E-state index contributed by atoms with van der Waals surface area (Å²) in [4.78, 5) is -0.249. The van der Waals surface area contributed by atoms with Crippen LogP contribution in [0, 0.1) is 0 Å². The highest BCUT2D eigenvalue weighted by Gasteiger charge is 2.20. The lowest BCUT2D eigenvalue weighted by molar-refractivity contribution is 0.419. The molecule has 0 spiro atoms. The molecular weight excluding hydrogens is 203 g/mol. The summed E-state index contributed by atoms with van der Waals surface area (Å²) in [6.07, 6.45) is 3.54. The third kappa shape index (κ3) is 1.80. The van der Waals surface area contributed by atoms with Gasteiger partial charge in [-0.15, -0.1) is 3.89 Å². The predicted octanol–water partition coefficient (Wildman–Crippen LogP) is 2.61. The van der Waals surface area contributed by atoms with E-state index >= 15 is 0 Å². The summed E-state index contributed by atoms with van der Waals surface area (Å²) in [7, 11) is -4.53. The second kappa shape index (κ2) is 3.35. The molecule has 0 N–H and O–H groups in total. The summed E-state index contributed by atoms with van der Waals surface area (Å²) < 4.78 is 33.6. The standard InChI is InChI=1S/C10H11FO2S/c11-14(12,13)10-6-4-9(5-7-10)8-2-1-3-8/h4-8H,1-3H2. The molecule has 1 saturated carbocycles. The Morgan fingerprint density at radius 1 is 1.14 bits per heavy atom. The molecule has 0 aromatic heterocycles. The fourth-order valence-corrected chi connectivity index (χ4v) is 2.11. The Bertz CT molecular complexity index is 418. The van der Waals surface area contributed by atoms with Crippen LogP contribution in [0.15, 0.2) is 29.2 Å². The number of rotatable bonds is 2. The SMILES string of the molecule is O=S(=O)(F)c1ccc(C2CCC2)cc1. The van der Waals surface area contributed by atoms with Crippen LogP contribution in [0.2, 0.25) is 0 Å². The summed E-state index contributed by atoms with van der Waals surface area (Å²) in [5, 5.41) is 0. The summed E-state index contributed by atoms with van der Waals surface area (Å²) in [5.74, 6) is 0.548. The molecule has 0 atom stereocenters. The van der Waals surface area contributed by atoms with E-state index in [2.05, 4.69) is 0 Å². The number of benzene rings is 1. The largest absolute Gasteiger partial charge is 0.332 e. The second-order valence-corrected chi connectivity index (χ2v) is 4.98. The molecular formula is C10H11FO2S. The molecule has 0 amide bonds. The van der Waals surface area contributed by atoms with Gasteiger partial charge >= 0.3 is 10.2 Å². The molecule has 0 bridgehead atoms. The van der Waals surface area contributed by atoms with Crippen LogP contribution in [0.5, 0.6) is 0 Å². The fraction of sp³-hybridized carbons (Fsp3) is 0.400. The van der Waals surface area contributed by atoms with Gasteiger partial charge < -0.3 is 0 Å². The van der Waals surface area contributed by atoms with Crippen LogP contribution in [0.3, 0.4) is 0 Å². The van der Waals surface area contributed by atoms with Gasteiger partial charge in [-0.3, -0.25) is 0 Å². The Balaban J connectivity index is 2.26. The van der Waals surface area contributed by atoms with E-state index in [1.807, 2.05) is 0 Å². The van der Waals surface area contributed by atoms with Crippen molar-refractivity contribution in [2.75, 3.05) is 0 Å². The van der Waals surface area contributed by atoms with E-state index in [0.717, 1.165) is 18.4 Å². The number of hydrogen-bond donors (Lipinski definition) is 0. The third-order valence-corrected chi connectivity index (χ3v) is 3.57. The quantitative estimate of drug-likeness (QED) is 0.709. The average molecular weight is 214 g/mol. The van der Waals surface area contributed by atoms with Crippen LogP contribution in [-0.4, -0.2) is 8.42 Å². The lowest BCUT2D eigenvalue weighted by Crippen LogP contribution is -2.08. The molecule has 2 nitrogen and oxygen atoms in total. The van der Waals surface area contributed by atoms with Crippen LogP contribution < -0.4 is 0 Å². The minimum Gasteiger partial charge on any atom is -0.189 e. The first-order valence-corrected chi connectivity index (χ1v) is 6.00.